The summed E-state index contributed by atoms with van der Waals surface area (Å²) in [7, 11) is 0. The average molecular weight is 332 g/mol. The van der Waals surface area contributed by atoms with E-state index < -0.39 is 0 Å². The van der Waals surface area contributed by atoms with E-state index >= 15 is 0 Å². The molecule has 0 heterocycles. The molecule has 0 saturated heterocycles. The number of hydrogen-bond donors (Lipinski definition) is 0. The summed E-state index contributed by atoms with van der Waals surface area (Å²) in [6.07, 6.45) is 0.428. The fraction of sp³-hybridized carbons (Fsp3) is 0.375. The third-order valence-corrected chi connectivity index (χ3v) is 3.97. The van der Waals surface area contributed by atoms with Crippen molar-refractivity contribution in [1.29, 1.82) is 0 Å². The van der Waals surface area contributed by atoms with Crippen LogP contribution in [0.15, 0.2) is 48.5 Å². The van der Waals surface area contributed by atoms with E-state index in [-0.39, 0.29) is 16.6 Å². The zero-order valence-corrected chi connectivity index (χ0v) is 16.2. The number of benzene rings is 2. The van der Waals surface area contributed by atoms with Gasteiger partial charge in [-0.05, 0) is 49.4 Å². The van der Waals surface area contributed by atoms with Gasteiger partial charge in [0.1, 0.15) is 0 Å². The molecule has 1 heteroatoms. The summed E-state index contributed by atoms with van der Waals surface area (Å²) in [6, 6.07) is 15.9. The molecule has 25 heavy (non-hydrogen) atoms. The van der Waals surface area contributed by atoms with E-state index in [0.717, 1.165) is 16.7 Å². The van der Waals surface area contributed by atoms with Crippen LogP contribution in [0.1, 0.15) is 68.6 Å². The van der Waals surface area contributed by atoms with Crippen LogP contribution in [0.5, 0.6) is 0 Å². The maximum absolute atomic E-state index is 12.5. The summed E-state index contributed by atoms with van der Waals surface area (Å²) < 4.78 is 0. The van der Waals surface area contributed by atoms with Gasteiger partial charge < -0.3 is 0 Å². The van der Waals surface area contributed by atoms with Crippen LogP contribution >= 0.6 is 0 Å². The molecule has 130 valence electrons. The van der Waals surface area contributed by atoms with E-state index in [0.29, 0.717) is 6.42 Å². The topological polar surface area (TPSA) is 17.1 Å². The maximum atomic E-state index is 12.5. The Hall–Kier alpha value is -2.33. The Morgan fingerprint density at radius 1 is 0.840 bits per heavy atom. The Bertz CT molecular complexity index is 783. The second-order valence-corrected chi connectivity index (χ2v) is 8.62. The highest BCUT2D eigenvalue weighted by atomic mass is 16.1. The number of rotatable bonds is 3. The maximum Gasteiger partial charge on any atom is 0.167 e. The third-order valence-electron chi connectivity index (χ3n) is 3.97. The predicted molar refractivity (Wildman–Crippen MR) is 106 cm³/mol. The van der Waals surface area contributed by atoms with Gasteiger partial charge in [0.2, 0.25) is 0 Å². The quantitative estimate of drug-likeness (QED) is 0.512. The molecule has 0 atom stereocenters. The molecule has 0 unspecified atom stereocenters. The molecular formula is C24H28O. The van der Waals surface area contributed by atoms with E-state index in [9.17, 15) is 4.79 Å². The summed E-state index contributed by atoms with van der Waals surface area (Å²) >= 11 is 0. The van der Waals surface area contributed by atoms with Gasteiger partial charge in [-0.1, -0.05) is 69.0 Å². The highest BCUT2D eigenvalue weighted by Crippen LogP contribution is 2.22. The number of carbonyl (C=O) groups is 1. The molecular weight excluding hydrogens is 304 g/mol. The van der Waals surface area contributed by atoms with Crippen molar-refractivity contribution in [3.05, 3.63) is 70.8 Å². The van der Waals surface area contributed by atoms with Crippen LogP contribution in [0.4, 0.5) is 0 Å². The van der Waals surface area contributed by atoms with E-state index in [1.54, 1.807) is 0 Å². The minimum Gasteiger partial charge on any atom is -0.294 e. The number of carbonyl (C=O) groups excluding carboxylic acids is 1. The second kappa shape index (κ2) is 7.28. The van der Waals surface area contributed by atoms with E-state index in [1.807, 2.05) is 24.3 Å². The number of Topliss-reactive ketones (excluding diaryl/α,β-unsaturated/α-hetero) is 1. The number of hydrogen-bond acceptors (Lipinski definition) is 1. The van der Waals surface area contributed by atoms with Gasteiger partial charge in [0.25, 0.3) is 0 Å². The molecule has 0 saturated carbocycles. The fourth-order valence-electron chi connectivity index (χ4n) is 2.41. The van der Waals surface area contributed by atoms with Crippen LogP contribution in [-0.2, 0) is 11.8 Å². The average Bonchev–Trinajstić information content (AvgIpc) is 2.52. The van der Waals surface area contributed by atoms with Crippen LogP contribution in [0.2, 0.25) is 0 Å². The largest absolute Gasteiger partial charge is 0.294 e. The Kier molecular flexibility index (Phi) is 5.53. The van der Waals surface area contributed by atoms with Crippen molar-refractivity contribution >= 4 is 5.78 Å². The van der Waals surface area contributed by atoms with Gasteiger partial charge in [-0.2, -0.15) is 0 Å². The van der Waals surface area contributed by atoms with E-state index in [1.165, 1.54) is 5.56 Å². The van der Waals surface area contributed by atoms with Crippen molar-refractivity contribution in [3.8, 4) is 11.8 Å². The van der Waals surface area contributed by atoms with Gasteiger partial charge in [-0.15, -0.1) is 0 Å². The molecule has 0 radical (unpaired) electrons. The molecule has 1 nitrogen and oxygen atoms in total. The van der Waals surface area contributed by atoms with Gasteiger partial charge in [0.05, 0.1) is 0 Å². The van der Waals surface area contributed by atoms with Crippen LogP contribution in [0, 0.1) is 17.3 Å². The fourth-order valence-corrected chi connectivity index (χ4v) is 2.41. The first kappa shape index (κ1) is 19.0. The second-order valence-electron chi connectivity index (χ2n) is 8.62. The summed E-state index contributed by atoms with van der Waals surface area (Å²) in [5, 5.41) is 0. The highest BCUT2D eigenvalue weighted by Gasteiger charge is 2.13. The van der Waals surface area contributed by atoms with E-state index in [2.05, 4.69) is 77.6 Å². The highest BCUT2D eigenvalue weighted by molar-refractivity contribution is 5.97. The van der Waals surface area contributed by atoms with Gasteiger partial charge >= 0.3 is 0 Å². The molecule has 0 aliphatic carbocycles. The molecule has 0 aliphatic heterocycles. The first-order valence-electron chi connectivity index (χ1n) is 8.80. The summed E-state index contributed by atoms with van der Waals surface area (Å²) in [5.41, 5.74) is 4.13. The molecule has 2 aromatic carbocycles. The Morgan fingerprint density at radius 3 is 1.88 bits per heavy atom. The van der Waals surface area contributed by atoms with Gasteiger partial charge in [-0.25, -0.2) is 0 Å². The van der Waals surface area contributed by atoms with Gasteiger partial charge in [0.15, 0.2) is 5.78 Å². The van der Waals surface area contributed by atoms with Crippen LogP contribution < -0.4 is 0 Å². The molecule has 2 aromatic rings. The smallest absolute Gasteiger partial charge is 0.167 e. The van der Waals surface area contributed by atoms with Gasteiger partial charge in [0, 0.05) is 23.0 Å². The van der Waals surface area contributed by atoms with Crippen LogP contribution in [-0.4, -0.2) is 5.78 Å². The predicted octanol–water partition coefficient (Wildman–Crippen LogP) is 5.81. The van der Waals surface area contributed by atoms with Crippen molar-refractivity contribution in [2.45, 2.75) is 53.4 Å². The van der Waals surface area contributed by atoms with E-state index in [4.69, 9.17) is 0 Å². The monoisotopic (exact) mass is 332 g/mol. The lowest BCUT2D eigenvalue weighted by Crippen LogP contribution is -2.11. The third kappa shape index (κ3) is 5.91. The standard InChI is InChI=1S/C24H28O/c1-23(2,3)16-15-18-7-11-20(12-8-18)22(25)17-19-9-13-21(14-10-19)24(4,5)6/h7-14H,17H2,1-6H3. The van der Waals surface area contributed by atoms with Crippen molar-refractivity contribution in [1.82, 2.24) is 0 Å². The zero-order chi connectivity index (χ0) is 18.7. The summed E-state index contributed by atoms with van der Waals surface area (Å²) in [4.78, 5) is 12.5. The summed E-state index contributed by atoms with van der Waals surface area (Å²) in [6.45, 7) is 12.8. The molecule has 0 fully saturated rings. The zero-order valence-electron chi connectivity index (χ0n) is 16.2. The lowest BCUT2D eigenvalue weighted by Gasteiger charge is -2.19. The molecule has 0 amide bonds. The molecule has 2 rings (SSSR count). The lowest BCUT2D eigenvalue weighted by molar-refractivity contribution is 0.0993. The summed E-state index contributed by atoms with van der Waals surface area (Å²) in [5.74, 6) is 6.51. The molecule has 0 aromatic heterocycles. The lowest BCUT2D eigenvalue weighted by atomic mass is 9.86. The first-order chi connectivity index (χ1) is 11.5. The SMILES string of the molecule is CC(C)(C)C#Cc1ccc(C(=O)Cc2ccc(C(C)(C)C)cc2)cc1. The normalized spacial score (nSPS) is 11.6. The van der Waals surface area contributed by atoms with Crippen molar-refractivity contribution in [2.24, 2.45) is 5.41 Å². The van der Waals surface area contributed by atoms with Gasteiger partial charge in [-0.3, -0.25) is 4.79 Å². The first-order valence-corrected chi connectivity index (χ1v) is 8.80. The molecule has 0 aliphatic rings. The minimum atomic E-state index is -0.0201. The Morgan fingerprint density at radius 2 is 1.40 bits per heavy atom. The molecule has 0 N–H and O–H groups in total. The Labute approximate surface area is 152 Å². The van der Waals surface area contributed by atoms with Crippen LogP contribution in [0.25, 0.3) is 0 Å². The van der Waals surface area contributed by atoms with Crippen molar-refractivity contribution in [3.63, 3.8) is 0 Å². The molecule has 0 spiro atoms. The van der Waals surface area contributed by atoms with Crippen LogP contribution in [0.3, 0.4) is 0 Å². The molecule has 0 bridgehead atoms. The Balaban J connectivity index is 2.07. The minimum absolute atomic E-state index is 0.0201. The van der Waals surface area contributed by atoms with Crippen molar-refractivity contribution < 1.29 is 4.79 Å². The number of ketones is 1. The van der Waals surface area contributed by atoms with Crippen molar-refractivity contribution in [2.75, 3.05) is 0 Å².